The molecule has 24 heavy (non-hydrogen) atoms. The first-order chi connectivity index (χ1) is 11.6. The molecule has 2 atom stereocenters. The second kappa shape index (κ2) is 17.0. The Morgan fingerprint density at radius 1 is 1.00 bits per heavy atom. The van der Waals surface area contributed by atoms with Gasteiger partial charge in [-0.25, -0.2) is 0 Å². The minimum Gasteiger partial charge on any atom is -0.481 e. The Morgan fingerprint density at radius 3 is 2.29 bits per heavy atom. The highest BCUT2D eigenvalue weighted by molar-refractivity contribution is 5.67. The summed E-state index contributed by atoms with van der Waals surface area (Å²) in [5.74, 6) is -0.927. The van der Waals surface area contributed by atoms with Gasteiger partial charge in [0.25, 0.3) is 0 Å². The third-order valence-corrected chi connectivity index (χ3v) is 4.14. The molecule has 0 spiro atoms. The van der Waals surface area contributed by atoms with Crippen LogP contribution in [0.4, 0.5) is 0 Å². The number of carbonyl (C=O) groups is 1. The molecule has 0 saturated carbocycles. The number of unbranched alkanes of at least 4 members (excludes halogenated alkanes) is 7. The highest BCUT2D eigenvalue weighted by Gasteiger charge is 2.09. The van der Waals surface area contributed by atoms with Crippen molar-refractivity contribution in [3.63, 3.8) is 0 Å². The number of allylic oxidation sites excluding steroid dienone is 1. The van der Waals surface area contributed by atoms with Crippen LogP contribution in [-0.4, -0.2) is 35.0 Å². The highest BCUT2D eigenvalue weighted by atomic mass is 16.5. The predicted molar refractivity (Wildman–Crippen MR) is 99.3 cm³/mol. The van der Waals surface area contributed by atoms with E-state index in [1.807, 2.05) is 6.92 Å². The lowest BCUT2D eigenvalue weighted by molar-refractivity contribution is -0.139. The summed E-state index contributed by atoms with van der Waals surface area (Å²) in [6.45, 7) is 5.01. The summed E-state index contributed by atoms with van der Waals surface area (Å²) in [6, 6.07) is 0. The van der Waals surface area contributed by atoms with Crippen LogP contribution in [0.5, 0.6) is 0 Å². The molecule has 0 aliphatic heterocycles. The largest absolute Gasteiger partial charge is 0.481 e. The molecule has 0 rings (SSSR count). The van der Waals surface area contributed by atoms with E-state index in [4.69, 9.17) is 9.84 Å². The molecule has 142 valence electrons. The van der Waals surface area contributed by atoms with Gasteiger partial charge in [-0.2, -0.15) is 0 Å². The summed E-state index contributed by atoms with van der Waals surface area (Å²) in [5.41, 5.74) is 0. The predicted octanol–water partition coefficient (Wildman–Crippen LogP) is 5.09. The summed E-state index contributed by atoms with van der Waals surface area (Å²) >= 11 is 0. The number of ether oxygens (including phenoxy) is 1. The zero-order valence-corrected chi connectivity index (χ0v) is 15.7. The standard InChI is InChI=1S/C20H38O4/c1-3-5-6-7-8-12-15-19(24-4-2)16-13-10-9-11-14-18(21)17-20(22)23/h12,15,18-19,21H,3-11,13-14,16-17H2,1-2H3,(H,22,23)/b15-12+. The smallest absolute Gasteiger partial charge is 0.305 e. The lowest BCUT2D eigenvalue weighted by Crippen LogP contribution is -2.12. The second-order valence-electron chi connectivity index (χ2n) is 6.51. The maximum absolute atomic E-state index is 10.5. The zero-order chi connectivity index (χ0) is 18.0. The van der Waals surface area contributed by atoms with Crippen molar-refractivity contribution < 1.29 is 19.7 Å². The van der Waals surface area contributed by atoms with Gasteiger partial charge >= 0.3 is 5.97 Å². The molecule has 0 aromatic heterocycles. The maximum atomic E-state index is 10.5. The van der Waals surface area contributed by atoms with Crippen LogP contribution in [-0.2, 0) is 9.53 Å². The molecule has 0 bridgehead atoms. The number of aliphatic carboxylic acids is 1. The van der Waals surface area contributed by atoms with Gasteiger partial charge in [0.1, 0.15) is 0 Å². The number of hydrogen-bond donors (Lipinski definition) is 2. The van der Waals surface area contributed by atoms with E-state index >= 15 is 0 Å². The van der Waals surface area contributed by atoms with Crippen molar-refractivity contribution in [3.8, 4) is 0 Å². The fourth-order valence-corrected chi connectivity index (χ4v) is 2.77. The van der Waals surface area contributed by atoms with Gasteiger partial charge in [0, 0.05) is 6.61 Å². The minimum atomic E-state index is -0.927. The van der Waals surface area contributed by atoms with E-state index < -0.39 is 12.1 Å². The summed E-state index contributed by atoms with van der Waals surface area (Å²) in [6.07, 6.45) is 15.9. The van der Waals surface area contributed by atoms with Crippen molar-refractivity contribution in [1.82, 2.24) is 0 Å². The molecule has 2 N–H and O–H groups in total. The van der Waals surface area contributed by atoms with Crippen LogP contribution in [0.1, 0.15) is 90.9 Å². The monoisotopic (exact) mass is 342 g/mol. The molecule has 4 heteroatoms. The van der Waals surface area contributed by atoms with Crippen molar-refractivity contribution in [2.75, 3.05) is 6.61 Å². The molecule has 0 aromatic carbocycles. The van der Waals surface area contributed by atoms with Crippen LogP contribution in [0.15, 0.2) is 12.2 Å². The van der Waals surface area contributed by atoms with Crippen LogP contribution in [0.2, 0.25) is 0 Å². The van der Waals surface area contributed by atoms with E-state index in [-0.39, 0.29) is 12.5 Å². The Kier molecular flexibility index (Phi) is 16.4. The fraction of sp³-hybridized carbons (Fsp3) is 0.850. The number of aliphatic hydroxyl groups is 1. The van der Waals surface area contributed by atoms with Crippen molar-refractivity contribution in [2.45, 2.75) is 103 Å². The summed E-state index contributed by atoms with van der Waals surface area (Å²) in [7, 11) is 0. The first kappa shape index (κ1) is 23.1. The van der Waals surface area contributed by atoms with Gasteiger partial charge in [0.15, 0.2) is 0 Å². The van der Waals surface area contributed by atoms with Crippen LogP contribution in [0.25, 0.3) is 0 Å². The van der Waals surface area contributed by atoms with Crippen LogP contribution < -0.4 is 0 Å². The molecule has 0 heterocycles. The summed E-state index contributed by atoms with van der Waals surface area (Å²) in [5, 5.41) is 18.1. The third kappa shape index (κ3) is 16.0. The SMILES string of the molecule is CCCCCC/C=C/C(CCCCCCC(O)CC(=O)O)OCC. The zero-order valence-electron chi connectivity index (χ0n) is 15.7. The molecule has 0 aliphatic rings. The molecule has 0 aliphatic carbocycles. The first-order valence-corrected chi connectivity index (χ1v) is 9.78. The number of hydrogen-bond acceptors (Lipinski definition) is 3. The first-order valence-electron chi connectivity index (χ1n) is 9.78. The molecule has 4 nitrogen and oxygen atoms in total. The maximum Gasteiger partial charge on any atom is 0.305 e. The van der Waals surface area contributed by atoms with Crippen LogP contribution in [0, 0.1) is 0 Å². The topological polar surface area (TPSA) is 66.8 Å². The van der Waals surface area contributed by atoms with E-state index in [0.717, 1.165) is 45.1 Å². The average Bonchev–Trinajstić information content (AvgIpc) is 2.53. The van der Waals surface area contributed by atoms with Gasteiger partial charge in [0.2, 0.25) is 0 Å². The van der Waals surface area contributed by atoms with E-state index in [9.17, 15) is 9.90 Å². The van der Waals surface area contributed by atoms with Crippen LogP contribution >= 0.6 is 0 Å². The lowest BCUT2D eigenvalue weighted by Gasteiger charge is -2.13. The molecule has 0 amide bonds. The molecule has 2 unspecified atom stereocenters. The van der Waals surface area contributed by atoms with Crippen molar-refractivity contribution in [1.29, 1.82) is 0 Å². The summed E-state index contributed by atoms with van der Waals surface area (Å²) in [4.78, 5) is 10.5. The highest BCUT2D eigenvalue weighted by Crippen LogP contribution is 2.13. The quantitative estimate of drug-likeness (QED) is 0.285. The molecular formula is C20H38O4. The number of aliphatic hydroxyl groups excluding tert-OH is 1. The van der Waals surface area contributed by atoms with Gasteiger partial charge in [-0.05, 0) is 32.6 Å². The average molecular weight is 343 g/mol. The van der Waals surface area contributed by atoms with Gasteiger partial charge < -0.3 is 14.9 Å². The van der Waals surface area contributed by atoms with Crippen molar-refractivity contribution in [3.05, 3.63) is 12.2 Å². The molecular weight excluding hydrogens is 304 g/mol. The second-order valence-corrected chi connectivity index (χ2v) is 6.51. The Morgan fingerprint density at radius 2 is 1.67 bits per heavy atom. The van der Waals surface area contributed by atoms with Crippen LogP contribution in [0.3, 0.4) is 0 Å². The van der Waals surface area contributed by atoms with Gasteiger partial charge in [-0.1, -0.05) is 64.0 Å². The van der Waals surface area contributed by atoms with E-state index in [1.54, 1.807) is 0 Å². The van der Waals surface area contributed by atoms with Gasteiger partial charge in [-0.15, -0.1) is 0 Å². The lowest BCUT2D eigenvalue weighted by atomic mass is 10.0. The number of carboxylic acid groups (broad SMARTS) is 1. The molecule has 0 radical (unpaired) electrons. The van der Waals surface area contributed by atoms with E-state index in [0.29, 0.717) is 6.42 Å². The van der Waals surface area contributed by atoms with Gasteiger partial charge in [0.05, 0.1) is 18.6 Å². The Bertz CT molecular complexity index is 315. The number of carboxylic acids is 1. The van der Waals surface area contributed by atoms with Crippen molar-refractivity contribution in [2.24, 2.45) is 0 Å². The minimum absolute atomic E-state index is 0.143. The molecule has 0 fully saturated rings. The molecule has 0 saturated heterocycles. The Hall–Kier alpha value is -0.870. The van der Waals surface area contributed by atoms with E-state index in [1.165, 1.54) is 25.7 Å². The summed E-state index contributed by atoms with van der Waals surface area (Å²) < 4.78 is 5.77. The number of rotatable bonds is 17. The normalized spacial score (nSPS) is 14.1. The fourth-order valence-electron chi connectivity index (χ4n) is 2.77. The van der Waals surface area contributed by atoms with Gasteiger partial charge in [-0.3, -0.25) is 4.79 Å². The van der Waals surface area contributed by atoms with Crippen molar-refractivity contribution >= 4 is 5.97 Å². The molecule has 0 aromatic rings. The third-order valence-electron chi connectivity index (χ3n) is 4.14. The Balaban J connectivity index is 3.69. The van der Waals surface area contributed by atoms with E-state index in [2.05, 4.69) is 19.1 Å². The Labute approximate surface area is 148 Å².